The average molecular weight is 241 g/mol. The number of nitrogens with two attached hydrogens (primary N) is 1. The molecule has 3 heteroatoms. The number of piperidine rings is 1. The van der Waals surface area contributed by atoms with Crippen LogP contribution in [0.2, 0.25) is 5.02 Å². The first-order valence-electron chi connectivity index (χ1n) is 5.46. The van der Waals surface area contributed by atoms with Gasteiger partial charge in [0.15, 0.2) is 0 Å². The second-order valence-corrected chi connectivity index (χ2v) is 4.68. The summed E-state index contributed by atoms with van der Waals surface area (Å²) in [6, 6.07) is 8.50. The summed E-state index contributed by atoms with van der Waals surface area (Å²) >= 11 is 5.84. The first-order chi connectivity index (χ1) is 7.24. The van der Waals surface area contributed by atoms with E-state index in [2.05, 4.69) is 17.0 Å². The van der Waals surface area contributed by atoms with E-state index in [9.17, 15) is 0 Å². The van der Waals surface area contributed by atoms with Gasteiger partial charge < -0.3 is 5.73 Å². The molecular weight excluding hydrogens is 220 g/mol. The molecule has 0 spiro atoms. The molecular formula is C13H21ClN2. The van der Waals surface area contributed by atoms with Crippen molar-refractivity contribution in [3.05, 3.63) is 34.9 Å². The van der Waals surface area contributed by atoms with Crippen LogP contribution in [0.4, 0.5) is 0 Å². The molecule has 1 aromatic carbocycles. The summed E-state index contributed by atoms with van der Waals surface area (Å²) in [5.74, 6) is 0. The van der Waals surface area contributed by atoms with E-state index in [1.54, 1.807) is 0 Å². The first kappa shape index (κ1) is 13.5. The monoisotopic (exact) mass is 240 g/mol. The molecule has 2 nitrogen and oxygen atoms in total. The average Bonchev–Trinajstić information content (AvgIpc) is 2.25. The van der Waals surface area contributed by atoms with Crippen LogP contribution >= 0.6 is 11.6 Å². The highest BCUT2D eigenvalue weighted by Gasteiger charge is 2.15. The van der Waals surface area contributed by atoms with Crippen LogP contribution in [-0.4, -0.2) is 24.0 Å². The number of benzene rings is 1. The van der Waals surface area contributed by atoms with Crippen molar-refractivity contribution in [2.24, 2.45) is 5.73 Å². The van der Waals surface area contributed by atoms with Gasteiger partial charge >= 0.3 is 0 Å². The van der Waals surface area contributed by atoms with Crippen LogP contribution in [0.15, 0.2) is 24.3 Å². The van der Waals surface area contributed by atoms with E-state index < -0.39 is 0 Å². The molecule has 0 radical (unpaired) electrons. The predicted molar refractivity (Wildman–Crippen MR) is 70.7 cm³/mol. The largest absolute Gasteiger partial charge is 0.328 e. The summed E-state index contributed by atoms with van der Waals surface area (Å²) in [5, 5.41) is 0.805. The third kappa shape index (κ3) is 3.78. The maximum absolute atomic E-state index is 5.87. The van der Waals surface area contributed by atoms with Gasteiger partial charge in [-0.2, -0.15) is 0 Å². The minimum absolute atomic E-state index is 0. The second kappa shape index (κ2) is 6.24. The predicted octanol–water partition coefficient (Wildman–Crippen LogP) is 2.90. The molecule has 0 unspecified atom stereocenters. The lowest BCUT2D eigenvalue weighted by atomic mass is 10.1. The van der Waals surface area contributed by atoms with E-state index >= 15 is 0 Å². The molecule has 1 aliphatic rings. The van der Waals surface area contributed by atoms with Gasteiger partial charge in [0.25, 0.3) is 0 Å². The molecule has 2 N–H and O–H groups in total. The third-order valence-electron chi connectivity index (χ3n) is 2.95. The molecule has 1 heterocycles. The van der Waals surface area contributed by atoms with E-state index in [0.717, 1.165) is 37.5 Å². The standard InChI is InChI=1S/C12H17ClN2.CH4/c13-11-3-1-10(2-4-11)9-15-7-5-12(14)6-8-15;/h1-4,12H,5-9,14H2;1H4. The fourth-order valence-electron chi connectivity index (χ4n) is 1.96. The van der Waals surface area contributed by atoms with Crippen molar-refractivity contribution in [2.75, 3.05) is 13.1 Å². The lowest BCUT2D eigenvalue weighted by Crippen LogP contribution is -2.39. The molecule has 16 heavy (non-hydrogen) atoms. The number of halogens is 1. The molecule has 1 saturated heterocycles. The van der Waals surface area contributed by atoms with Gasteiger partial charge in [0.05, 0.1) is 0 Å². The molecule has 2 rings (SSSR count). The zero-order valence-corrected chi connectivity index (χ0v) is 9.58. The van der Waals surface area contributed by atoms with Crippen LogP contribution in [0, 0.1) is 0 Å². The Hall–Kier alpha value is -0.570. The van der Waals surface area contributed by atoms with Gasteiger partial charge in [0, 0.05) is 17.6 Å². The Kier molecular flexibility index (Phi) is 5.26. The number of hydrogen-bond acceptors (Lipinski definition) is 2. The molecule has 0 amide bonds. The van der Waals surface area contributed by atoms with Crippen LogP contribution in [0.3, 0.4) is 0 Å². The molecule has 90 valence electrons. The smallest absolute Gasteiger partial charge is 0.0406 e. The summed E-state index contributed by atoms with van der Waals surface area (Å²) in [4.78, 5) is 2.45. The molecule has 1 aliphatic heterocycles. The maximum atomic E-state index is 5.87. The fourth-order valence-corrected chi connectivity index (χ4v) is 2.09. The van der Waals surface area contributed by atoms with E-state index in [0.29, 0.717) is 6.04 Å². The minimum atomic E-state index is 0. The van der Waals surface area contributed by atoms with Gasteiger partial charge in [0.1, 0.15) is 0 Å². The van der Waals surface area contributed by atoms with Gasteiger partial charge in [-0.25, -0.2) is 0 Å². The third-order valence-corrected chi connectivity index (χ3v) is 3.20. The Morgan fingerprint density at radius 1 is 1.19 bits per heavy atom. The Balaban J connectivity index is 0.00000128. The molecule has 1 fully saturated rings. The highest BCUT2D eigenvalue weighted by atomic mass is 35.5. The van der Waals surface area contributed by atoms with Crippen molar-refractivity contribution in [1.29, 1.82) is 0 Å². The van der Waals surface area contributed by atoms with Crippen molar-refractivity contribution in [1.82, 2.24) is 4.90 Å². The maximum Gasteiger partial charge on any atom is 0.0406 e. The molecule has 0 saturated carbocycles. The lowest BCUT2D eigenvalue weighted by Gasteiger charge is -2.30. The van der Waals surface area contributed by atoms with Gasteiger partial charge in [-0.3, -0.25) is 4.90 Å². The minimum Gasteiger partial charge on any atom is -0.328 e. The van der Waals surface area contributed by atoms with Crippen LogP contribution in [0.1, 0.15) is 25.8 Å². The van der Waals surface area contributed by atoms with Crippen molar-refractivity contribution in [3.63, 3.8) is 0 Å². The van der Waals surface area contributed by atoms with E-state index in [1.165, 1.54) is 5.56 Å². The molecule has 0 bridgehead atoms. The van der Waals surface area contributed by atoms with Gasteiger partial charge in [-0.15, -0.1) is 0 Å². The summed E-state index contributed by atoms with van der Waals surface area (Å²) in [6.07, 6.45) is 2.24. The summed E-state index contributed by atoms with van der Waals surface area (Å²) in [5.41, 5.74) is 7.19. The SMILES string of the molecule is C.NC1CCN(Cc2ccc(Cl)cc2)CC1. The topological polar surface area (TPSA) is 29.3 Å². The van der Waals surface area contributed by atoms with Crippen molar-refractivity contribution in [3.8, 4) is 0 Å². The lowest BCUT2D eigenvalue weighted by molar-refractivity contribution is 0.205. The summed E-state index contributed by atoms with van der Waals surface area (Å²) < 4.78 is 0. The Morgan fingerprint density at radius 2 is 1.75 bits per heavy atom. The zero-order chi connectivity index (χ0) is 10.7. The molecule has 0 aromatic heterocycles. The summed E-state index contributed by atoms with van der Waals surface area (Å²) in [6.45, 7) is 3.25. The Labute approximate surface area is 103 Å². The fraction of sp³-hybridized carbons (Fsp3) is 0.538. The second-order valence-electron chi connectivity index (χ2n) is 4.24. The number of likely N-dealkylation sites (tertiary alicyclic amines) is 1. The first-order valence-corrected chi connectivity index (χ1v) is 5.84. The van der Waals surface area contributed by atoms with Crippen molar-refractivity contribution in [2.45, 2.75) is 32.9 Å². The zero-order valence-electron chi connectivity index (χ0n) is 8.82. The van der Waals surface area contributed by atoms with Crippen molar-refractivity contribution < 1.29 is 0 Å². The number of rotatable bonds is 2. The Bertz CT molecular complexity index is 302. The Morgan fingerprint density at radius 3 is 2.31 bits per heavy atom. The van der Waals surface area contributed by atoms with Crippen LogP contribution in [0.5, 0.6) is 0 Å². The van der Waals surface area contributed by atoms with Gasteiger partial charge in [-0.05, 0) is 43.6 Å². The number of nitrogens with zero attached hydrogens (tertiary/aromatic N) is 1. The number of hydrogen-bond donors (Lipinski definition) is 1. The quantitative estimate of drug-likeness (QED) is 0.862. The molecule has 1 aromatic rings. The van der Waals surface area contributed by atoms with Crippen LogP contribution in [-0.2, 0) is 6.54 Å². The van der Waals surface area contributed by atoms with Crippen molar-refractivity contribution >= 4 is 11.6 Å². The molecule has 0 aliphatic carbocycles. The highest BCUT2D eigenvalue weighted by Crippen LogP contribution is 2.14. The summed E-state index contributed by atoms with van der Waals surface area (Å²) in [7, 11) is 0. The van der Waals surface area contributed by atoms with Gasteiger partial charge in [-0.1, -0.05) is 31.2 Å². The van der Waals surface area contributed by atoms with E-state index in [-0.39, 0.29) is 7.43 Å². The van der Waals surface area contributed by atoms with E-state index in [1.807, 2.05) is 12.1 Å². The van der Waals surface area contributed by atoms with Crippen LogP contribution in [0.25, 0.3) is 0 Å². The van der Waals surface area contributed by atoms with E-state index in [4.69, 9.17) is 17.3 Å². The van der Waals surface area contributed by atoms with Gasteiger partial charge in [0.2, 0.25) is 0 Å². The highest BCUT2D eigenvalue weighted by molar-refractivity contribution is 6.30. The normalized spacial score (nSPS) is 18.1. The van der Waals surface area contributed by atoms with Crippen LogP contribution < -0.4 is 5.73 Å². The molecule has 0 atom stereocenters.